The van der Waals surface area contributed by atoms with Crippen LogP contribution in [0.5, 0.6) is 0 Å². The van der Waals surface area contributed by atoms with Crippen molar-refractivity contribution in [3.63, 3.8) is 0 Å². The van der Waals surface area contributed by atoms with Gasteiger partial charge in [0.1, 0.15) is 0 Å². The molecule has 1 aliphatic rings. The quantitative estimate of drug-likeness (QED) is 0.621. The fourth-order valence-electron chi connectivity index (χ4n) is 1.36. The SMILES string of the molecule is CN1CCN(NS(=O)(=O)CCC(=O)O)CC1. The molecule has 0 atom stereocenters. The van der Waals surface area contributed by atoms with E-state index in [2.05, 4.69) is 9.73 Å². The smallest absolute Gasteiger partial charge is 0.304 e. The predicted molar refractivity (Wildman–Crippen MR) is 58.2 cm³/mol. The van der Waals surface area contributed by atoms with Crippen LogP contribution in [0.2, 0.25) is 0 Å². The van der Waals surface area contributed by atoms with Gasteiger partial charge in [-0.05, 0) is 7.05 Å². The van der Waals surface area contributed by atoms with Gasteiger partial charge >= 0.3 is 5.97 Å². The van der Waals surface area contributed by atoms with Crippen molar-refractivity contribution < 1.29 is 18.3 Å². The molecule has 1 fully saturated rings. The summed E-state index contributed by atoms with van der Waals surface area (Å²) >= 11 is 0. The molecule has 0 spiro atoms. The van der Waals surface area contributed by atoms with E-state index in [1.165, 1.54) is 0 Å². The second-order valence-corrected chi connectivity index (χ2v) is 5.66. The van der Waals surface area contributed by atoms with Crippen molar-refractivity contribution in [1.82, 2.24) is 14.7 Å². The molecule has 8 heteroatoms. The highest BCUT2D eigenvalue weighted by molar-refractivity contribution is 7.89. The van der Waals surface area contributed by atoms with E-state index in [9.17, 15) is 13.2 Å². The van der Waals surface area contributed by atoms with Crippen LogP contribution in [0.1, 0.15) is 6.42 Å². The number of hydrogen-bond donors (Lipinski definition) is 2. The van der Waals surface area contributed by atoms with Gasteiger partial charge < -0.3 is 10.0 Å². The van der Waals surface area contributed by atoms with Crippen LogP contribution in [-0.2, 0) is 14.8 Å². The Morgan fingerprint density at radius 3 is 2.38 bits per heavy atom. The van der Waals surface area contributed by atoms with Gasteiger partial charge in [-0.3, -0.25) is 4.79 Å². The number of rotatable bonds is 5. The van der Waals surface area contributed by atoms with E-state index >= 15 is 0 Å². The van der Waals surface area contributed by atoms with Gasteiger partial charge in [-0.15, -0.1) is 4.83 Å². The van der Waals surface area contributed by atoms with Gasteiger partial charge in [0.2, 0.25) is 10.0 Å². The van der Waals surface area contributed by atoms with Gasteiger partial charge in [0, 0.05) is 26.2 Å². The van der Waals surface area contributed by atoms with Crippen LogP contribution < -0.4 is 4.83 Å². The van der Waals surface area contributed by atoms with Gasteiger partial charge in [-0.2, -0.15) is 0 Å². The molecule has 1 saturated heterocycles. The summed E-state index contributed by atoms with van der Waals surface area (Å²) in [4.78, 5) is 14.8. The summed E-state index contributed by atoms with van der Waals surface area (Å²) in [7, 11) is -1.55. The number of nitrogens with zero attached hydrogens (tertiary/aromatic N) is 2. The Morgan fingerprint density at radius 2 is 1.88 bits per heavy atom. The zero-order chi connectivity index (χ0) is 12.2. The monoisotopic (exact) mass is 251 g/mol. The minimum atomic E-state index is -3.52. The molecule has 0 aromatic heterocycles. The molecule has 0 radical (unpaired) electrons. The average Bonchev–Trinajstić information content (AvgIpc) is 2.19. The molecule has 0 amide bonds. The molecule has 0 unspecified atom stereocenters. The van der Waals surface area contributed by atoms with Gasteiger partial charge in [-0.1, -0.05) is 0 Å². The second kappa shape index (κ2) is 5.58. The standard InChI is InChI=1S/C8H17N3O4S/c1-10-3-5-11(6-4-10)9-16(14,15)7-2-8(12)13/h9H,2-7H2,1H3,(H,12,13). The second-order valence-electron chi connectivity index (χ2n) is 3.84. The number of piperazine rings is 1. The maximum atomic E-state index is 11.5. The zero-order valence-corrected chi connectivity index (χ0v) is 10.0. The summed E-state index contributed by atoms with van der Waals surface area (Å²) in [6.07, 6.45) is -0.372. The third-order valence-electron chi connectivity index (χ3n) is 2.36. The summed E-state index contributed by atoms with van der Waals surface area (Å²) in [6.45, 7) is 2.81. The molecular formula is C8H17N3O4S. The van der Waals surface area contributed by atoms with E-state index in [0.717, 1.165) is 13.1 Å². The fourth-order valence-corrected chi connectivity index (χ4v) is 2.47. The third-order valence-corrected chi connectivity index (χ3v) is 3.63. The van der Waals surface area contributed by atoms with Crippen LogP contribution in [-0.4, -0.2) is 68.4 Å². The molecule has 0 aromatic rings. The number of hydrazine groups is 1. The Balaban J connectivity index is 2.37. The van der Waals surface area contributed by atoms with Crippen molar-refractivity contribution in [3.8, 4) is 0 Å². The average molecular weight is 251 g/mol. The lowest BCUT2D eigenvalue weighted by molar-refractivity contribution is -0.136. The van der Waals surface area contributed by atoms with Crippen LogP contribution in [0.4, 0.5) is 0 Å². The molecule has 1 rings (SSSR count). The molecule has 7 nitrogen and oxygen atoms in total. The Bertz CT molecular complexity index is 335. The summed E-state index contributed by atoms with van der Waals surface area (Å²) in [5.41, 5.74) is 0. The third kappa shape index (κ3) is 4.88. The number of carboxylic acid groups (broad SMARTS) is 1. The van der Waals surface area contributed by atoms with Crippen LogP contribution in [0.15, 0.2) is 0 Å². The number of hydrogen-bond acceptors (Lipinski definition) is 5. The Hall–Kier alpha value is -0.700. The Kier molecular flexibility index (Phi) is 4.66. The molecule has 0 bridgehead atoms. The molecule has 1 aliphatic heterocycles. The lowest BCUT2D eigenvalue weighted by atomic mass is 10.4. The van der Waals surface area contributed by atoms with E-state index in [-0.39, 0.29) is 12.2 Å². The first-order valence-corrected chi connectivity index (χ1v) is 6.70. The van der Waals surface area contributed by atoms with Crippen LogP contribution >= 0.6 is 0 Å². The highest BCUT2D eigenvalue weighted by atomic mass is 32.2. The van der Waals surface area contributed by atoms with Crippen molar-refractivity contribution in [2.24, 2.45) is 0 Å². The summed E-state index contributed by atoms with van der Waals surface area (Å²) in [6, 6.07) is 0. The largest absolute Gasteiger partial charge is 0.481 e. The van der Waals surface area contributed by atoms with Gasteiger partial charge in [0.25, 0.3) is 0 Å². The van der Waals surface area contributed by atoms with E-state index in [4.69, 9.17) is 5.11 Å². The molecule has 94 valence electrons. The highest BCUT2D eigenvalue weighted by Crippen LogP contribution is 1.98. The molecular weight excluding hydrogens is 234 g/mol. The summed E-state index contributed by atoms with van der Waals surface area (Å²) in [5, 5.41) is 10.0. The lowest BCUT2D eigenvalue weighted by Crippen LogP contribution is -2.52. The maximum absolute atomic E-state index is 11.5. The fraction of sp³-hybridized carbons (Fsp3) is 0.875. The van der Waals surface area contributed by atoms with Crippen LogP contribution in [0.3, 0.4) is 0 Å². The molecule has 0 aromatic carbocycles. The summed E-state index contributed by atoms with van der Waals surface area (Å²) in [5.74, 6) is -1.49. The first kappa shape index (κ1) is 13.4. The summed E-state index contributed by atoms with van der Waals surface area (Å²) < 4.78 is 22.9. The number of sulfonamides is 1. The molecule has 16 heavy (non-hydrogen) atoms. The van der Waals surface area contributed by atoms with Crippen LogP contribution in [0, 0.1) is 0 Å². The first-order valence-electron chi connectivity index (χ1n) is 5.04. The van der Waals surface area contributed by atoms with Gasteiger partial charge in [0.15, 0.2) is 0 Å². The molecule has 0 aliphatic carbocycles. The van der Waals surface area contributed by atoms with Crippen molar-refractivity contribution in [3.05, 3.63) is 0 Å². The Labute approximate surface area is 95.0 Å². The first-order chi connectivity index (χ1) is 7.39. The number of nitrogens with one attached hydrogen (secondary N) is 1. The van der Waals surface area contributed by atoms with E-state index in [1.54, 1.807) is 5.01 Å². The van der Waals surface area contributed by atoms with Crippen molar-refractivity contribution in [2.45, 2.75) is 6.42 Å². The van der Waals surface area contributed by atoms with Gasteiger partial charge in [-0.25, -0.2) is 13.4 Å². The lowest BCUT2D eigenvalue weighted by Gasteiger charge is -2.32. The number of carbonyl (C=O) groups is 1. The highest BCUT2D eigenvalue weighted by Gasteiger charge is 2.20. The Morgan fingerprint density at radius 1 is 1.31 bits per heavy atom. The normalized spacial score (nSPS) is 19.8. The predicted octanol–water partition coefficient (Wildman–Crippen LogP) is -1.46. The van der Waals surface area contributed by atoms with E-state index in [1.807, 2.05) is 7.05 Å². The number of carboxylic acids is 1. The zero-order valence-electron chi connectivity index (χ0n) is 9.22. The molecule has 1 heterocycles. The molecule has 0 saturated carbocycles. The van der Waals surface area contributed by atoms with Crippen molar-refractivity contribution in [2.75, 3.05) is 39.0 Å². The topological polar surface area (TPSA) is 90.0 Å². The van der Waals surface area contributed by atoms with E-state index in [0.29, 0.717) is 13.1 Å². The van der Waals surface area contributed by atoms with Crippen molar-refractivity contribution >= 4 is 16.0 Å². The maximum Gasteiger partial charge on any atom is 0.304 e. The number of likely N-dealkylation sites (N-methyl/N-ethyl adjacent to an activating group) is 1. The molecule has 2 N–H and O–H groups in total. The van der Waals surface area contributed by atoms with Crippen LogP contribution in [0.25, 0.3) is 0 Å². The number of aliphatic carboxylic acids is 1. The van der Waals surface area contributed by atoms with E-state index < -0.39 is 16.0 Å². The minimum absolute atomic E-state index is 0.372. The van der Waals surface area contributed by atoms with Crippen molar-refractivity contribution in [1.29, 1.82) is 0 Å². The minimum Gasteiger partial charge on any atom is -0.481 e. The van der Waals surface area contributed by atoms with Gasteiger partial charge in [0.05, 0.1) is 12.2 Å².